The van der Waals surface area contributed by atoms with Crippen LogP contribution in [0.5, 0.6) is 0 Å². The van der Waals surface area contributed by atoms with E-state index in [1.807, 2.05) is 0 Å². The van der Waals surface area contributed by atoms with E-state index in [9.17, 15) is 9.90 Å². The highest BCUT2D eigenvalue weighted by molar-refractivity contribution is 6.02. The number of aliphatic hydroxyl groups excluding tert-OH is 1. The summed E-state index contributed by atoms with van der Waals surface area (Å²) < 4.78 is 0. The third kappa shape index (κ3) is 2.18. The summed E-state index contributed by atoms with van der Waals surface area (Å²) >= 11 is 0. The molecule has 0 unspecified atom stereocenters. The molecular weight excluding hydrogens is 232 g/mol. The summed E-state index contributed by atoms with van der Waals surface area (Å²) in [6.07, 6.45) is 0. The van der Waals surface area contributed by atoms with Crippen LogP contribution in [0.3, 0.4) is 0 Å². The minimum absolute atomic E-state index is 0.187. The maximum atomic E-state index is 11.2. The molecule has 0 aliphatic rings. The lowest BCUT2D eigenvalue weighted by Crippen LogP contribution is -2.14. The predicted octanol–water partition coefficient (Wildman–Crippen LogP) is 1.23. The molecule has 5 heteroatoms. The molecule has 1 heterocycles. The van der Waals surface area contributed by atoms with Gasteiger partial charge < -0.3 is 15.9 Å². The number of rotatable bonds is 3. The van der Waals surface area contributed by atoms with Gasteiger partial charge in [-0.05, 0) is 30.7 Å². The van der Waals surface area contributed by atoms with Crippen LogP contribution in [0.2, 0.25) is 0 Å². The molecule has 0 fully saturated rings. The van der Waals surface area contributed by atoms with E-state index >= 15 is 0 Å². The number of aromatic nitrogens is 1. The SMILES string of the molecule is Cc1cc(C(=O)O)c2cc([C@@H](N)CO)ccc2n1. The molecule has 2 aromatic rings. The highest BCUT2D eigenvalue weighted by Gasteiger charge is 2.13. The van der Waals surface area contributed by atoms with E-state index in [0.29, 0.717) is 22.2 Å². The lowest BCUT2D eigenvalue weighted by atomic mass is 10.0. The Morgan fingerprint density at radius 1 is 1.44 bits per heavy atom. The third-order valence-corrected chi connectivity index (χ3v) is 2.82. The normalized spacial score (nSPS) is 12.6. The summed E-state index contributed by atoms with van der Waals surface area (Å²) in [6, 6.07) is 6.16. The number of carboxylic acid groups (broad SMARTS) is 1. The number of aryl methyl sites for hydroxylation is 1. The largest absolute Gasteiger partial charge is 0.478 e. The Kier molecular flexibility index (Phi) is 3.27. The number of aliphatic hydroxyl groups is 1. The van der Waals surface area contributed by atoms with E-state index in [2.05, 4.69) is 4.98 Å². The maximum absolute atomic E-state index is 11.2. The maximum Gasteiger partial charge on any atom is 0.336 e. The van der Waals surface area contributed by atoms with E-state index < -0.39 is 12.0 Å². The van der Waals surface area contributed by atoms with Gasteiger partial charge in [0.2, 0.25) is 0 Å². The number of pyridine rings is 1. The molecule has 1 aromatic carbocycles. The van der Waals surface area contributed by atoms with Crippen molar-refractivity contribution < 1.29 is 15.0 Å². The van der Waals surface area contributed by atoms with Gasteiger partial charge in [-0.25, -0.2) is 4.79 Å². The number of nitrogens with zero attached hydrogens (tertiary/aromatic N) is 1. The van der Waals surface area contributed by atoms with Crippen molar-refractivity contribution >= 4 is 16.9 Å². The molecule has 1 aromatic heterocycles. The molecule has 0 aliphatic carbocycles. The molecule has 0 saturated carbocycles. The van der Waals surface area contributed by atoms with E-state index in [4.69, 9.17) is 10.8 Å². The Morgan fingerprint density at radius 3 is 2.78 bits per heavy atom. The second-order valence-corrected chi connectivity index (χ2v) is 4.18. The lowest BCUT2D eigenvalue weighted by molar-refractivity contribution is 0.0699. The van der Waals surface area contributed by atoms with Gasteiger partial charge in [0.05, 0.1) is 23.7 Å². The van der Waals surface area contributed by atoms with Gasteiger partial charge >= 0.3 is 5.97 Å². The molecule has 0 amide bonds. The average molecular weight is 246 g/mol. The van der Waals surface area contributed by atoms with Gasteiger partial charge in [0, 0.05) is 11.1 Å². The van der Waals surface area contributed by atoms with Gasteiger partial charge in [-0.3, -0.25) is 4.98 Å². The molecule has 94 valence electrons. The van der Waals surface area contributed by atoms with Gasteiger partial charge in [0.25, 0.3) is 0 Å². The third-order valence-electron chi connectivity index (χ3n) is 2.82. The second-order valence-electron chi connectivity index (χ2n) is 4.18. The number of fused-ring (bicyclic) bond motifs is 1. The van der Waals surface area contributed by atoms with Crippen molar-refractivity contribution in [3.05, 3.63) is 41.1 Å². The van der Waals surface area contributed by atoms with Gasteiger partial charge in [-0.1, -0.05) is 6.07 Å². The zero-order chi connectivity index (χ0) is 13.3. The molecule has 5 nitrogen and oxygen atoms in total. The van der Waals surface area contributed by atoms with E-state index in [-0.39, 0.29) is 12.2 Å². The van der Waals surface area contributed by atoms with Crippen LogP contribution in [0.15, 0.2) is 24.3 Å². The van der Waals surface area contributed by atoms with Crippen molar-refractivity contribution in [2.45, 2.75) is 13.0 Å². The first-order valence-electron chi connectivity index (χ1n) is 5.54. The Labute approximate surface area is 104 Å². The quantitative estimate of drug-likeness (QED) is 0.757. The summed E-state index contributed by atoms with van der Waals surface area (Å²) in [6.45, 7) is 1.56. The van der Waals surface area contributed by atoms with Crippen LogP contribution >= 0.6 is 0 Å². The summed E-state index contributed by atoms with van der Waals surface area (Å²) in [5.41, 5.74) is 7.88. The van der Waals surface area contributed by atoms with Crippen molar-refractivity contribution in [2.75, 3.05) is 6.61 Å². The summed E-state index contributed by atoms with van der Waals surface area (Å²) in [4.78, 5) is 15.5. The molecule has 0 bridgehead atoms. The Morgan fingerprint density at radius 2 is 2.17 bits per heavy atom. The zero-order valence-electron chi connectivity index (χ0n) is 9.92. The summed E-state index contributed by atoms with van der Waals surface area (Å²) in [5.74, 6) is -1.000. The Hall–Kier alpha value is -1.98. The summed E-state index contributed by atoms with van der Waals surface area (Å²) in [7, 11) is 0. The molecule has 18 heavy (non-hydrogen) atoms. The summed E-state index contributed by atoms with van der Waals surface area (Å²) in [5, 5.41) is 18.7. The Bertz CT molecular complexity index is 610. The van der Waals surface area contributed by atoms with Gasteiger partial charge in [-0.2, -0.15) is 0 Å². The second kappa shape index (κ2) is 4.72. The standard InChI is InChI=1S/C13H14N2O3/c1-7-4-10(13(17)18)9-5-8(11(14)6-16)2-3-12(9)15-7/h2-5,11,16H,6,14H2,1H3,(H,17,18)/t11-/m0/s1. The van der Waals surface area contributed by atoms with Crippen molar-refractivity contribution in [3.8, 4) is 0 Å². The molecule has 0 saturated heterocycles. The first-order chi connectivity index (χ1) is 8.52. The van der Waals surface area contributed by atoms with Crippen LogP contribution in [0, 0.1) is 6.92 Å². The monoisotopic (exact) mass is 246 g/mol. The fraction of sp³-hybridized carbons (Fsp3) is 0.231. The number of hydrogen-bond acceptors (Lipinski definition) is 4. The Balaban J connectivity index is 2.70. The average Bonchev–Trinajstić information content (AvgIpc) is 2.36. The topological polar surface area (TPSA) is 96.4 Å². The first-order valence-corrected chi connectivity index (χ1v) is 5.54. The fourth-order valence-electron chi connectivity index (χ4n) is 1.89. The number of nitrogens with two attached hydrogens (primary N) is 1. The van der Waals surface area contributed by atoms with E-state index in [0.717, 1.165) is 0 Å². The van der Waals surface area contributed by atoms with Crippen molar-refractivity contribution in [3.63, 3.8) is 0 Å². The molecule has 0 radical (unpaired) electrons. The smallest absolute Gasteiger partial charge is 0.336 e. The van der Waals surface area contributed by atoms with Crippen LogP contribution in [-0.4, -0.2) is 27.8 Å². The van der Waals surface area contributed by atoms with Crippen LogP contribution < -0.4 is 5.73 Å². The van der Waals surface area contributed by atoms with E-state index in [1.54, 1.807) is 25.1 Å². The molecular formula is C13H14N2O3. The van der Waals surface area contributed by atoms with Crippen LogP contribution in [-0.2, 0) is 0 Å². The zero-order valence-corrected chi connectivity index (χ0v) is 9.92. The molecule has 4 N–H and O–H groups in total. The van der Waals surface area contributed by atoms with Gasteiger partial charge in [0.1, 0.15) is 0 Å². The minimum Gasteiger partial charge on any atom is -0.478 e. The highest BCUT2D eigenvalue weighted by atomic mass is 16.4. The number of carbonyl (C=O) groups is 1. The van der Waals surface area contributed by atoms with Crippen LogP contribution in [0.4, 0.5) is 0 Å². The highest BCUT2D eigenvalue weighted by Crippen LogP contribution is 2.22. The van der Waals surface area contributed by atoms with Crippen LogP contribution in [0.25, 0.3) is 10.9 Å². The van der Waals surface area contributed by atoms with Crippen molar-refractivity contribution in [1.82, 2.24) is 4.98 Å². The van der Waals surface area contributed by atoms with Crippen LogP contribution in [0.1, 0.15) is 27.7 Å². The number of carboxylic acids is 1. The minimum atomic E-state index is -1.000. The molecule has 0 spiro atoms. The van der Waals surface area contributed by atoms with Crippen molar-refractivity contribution in [1.29, 1.82) is 0 Å². The molecule has 0 aliphatic heterocycles. The number of hydrogen-bond donors (Lipinski definition) is 3. The van der Waals surface area contributed by atoms with Gasteiger partial charge in [0.15, 0.2) is 0 Å². The fourth-order valence-corrected chi connectivity index (χ4v) is 1.89. The van der Waals surface area contributed by atoms with Crippen molar-refractivity contribution in [2.24, 2.45) is 5.73 Å². The van der Waals surface area contributed by atoms with E-state index in [1.165, 1.54) is 6.07 Å². The number of benzene rings is 1. The molecule has 1 atom stereocenters. The lowest BCUT2D eigenvalue weighted by Gasteiger charge is -2.11. The predicted molar refractivity (Wildman–Crippen MR) is 67.5 cm³/mol. The van der Waals surface area contributed by atoms with Gasteiger partial charge in [-0.15, -0.1) is 0 Å². The molecule has 2 rings (SSSR count). The number of aromatic carboxylic acids is 1. The first kappa shape index (κ1) is 12.5.